The van der Waals surface area contributed by atoms with Gasteiger partial charge in [0.25, 0.3) is 5.91 Å². The molecule has 4 rings (SSSR count). The van der Waals surface area contributed by atoms with E-state index in [4.69, 9.17) is 14.5 Å². The summed E-state index contributed by atoms with van der Waals surface area (Å²) in [5, 5.41) is 0. The van der Waals surface area contributed by atoms with Gasteiger partial charge in [-0.15, -0.1) is 0 Å². The minimum absolute atomic E-state index is 0.186. The van der Waals surface area contributed by atoms with Gasteiger partial charge in [-0.05, 0) is 68.0 Å². The molecule has 162 valence electrons. The largest absolute Gasteiger partial charge is 0.494 e. The number of carbonyl (C=O) groups is 1. The SMILES string of the molecule is CCOc1ccc(/C=C2/N=C(c3ccccc3Br)N(c3ccc(OCC)cc3)C2=O)cc1. The number of amides is 1. The van der Waals surface area contributed by atoms with Gasteiger partial charge in [0.2, 0.25) is 0 Å². The average Bonchev–Trinajstić information content (AvgIpc) is 3.12. The lowest BCUT2D eigenvalue weighted by Crippen LogP contribution is -2.32. The number of benzene rings is 3. The Bertz CT molecular complexity index is 1170. The van der Waals surface area contributed by atoms with E-state index in [0.717, 1.165) is 32.8 Å². The van der Waals surface area contributed by atoms with Crippen molar-refractivity contribution in [2.75, 3.05) is 18.1 Å². The van der Waals surface area contributed by atoms with Crippen LogP contribution in [0.15, 0.2) is 88.0 Å². The normalized spacial score (nSPS) is 14.6. The fourth-order valence-electron chi connectivity index (χ4n) is 3.42. The van der Waals surface area contributed by atoms with Crippen LogP contribution in [0.2, 0.25) is 0 Å². The standard InChI is InChI=1S/C26H23BrN2O3/c1-3-31-20-13-9-18(10-14-20)17-24-26(30)29(19-11-15-21(16-12-19)32-4-2)25(28-24)22-7-5-6-8-23(22)27/h5-17H,3-4H2,1-2H3/b24-17+. The number of anilines is 1. The zero-order chi connectivity index (χ0) is 22.5. The number of amidine groups is 1. The van der Waals surface area contributed by atoms with Crippen LogP contribution in [-0.4, -0.2) is 25.0 Å². The van der Waals surface area contributed by atoms with Crippen molar-refractivity contribution in [3.63, 3.8) is 0 Å². The fourth-order valence-corrected chi connectivity index (χ4v) is 3.88. The van der Waals surface area contributed by atoms with Crippen LogP contribution >= 0.6 is 15.9 Å². The molecular weight excluding hydrogens is 468 g/mol. The van der Waals surface area contributed by atoms with Gasteiger partial charge >= 0.3 is 0 Å². The Morgan fingerprint density at radius 1 is 0.875 bits per heavy atom. The van der Waals surface area contributed by atoms with Crippen molar-refractivity contribution in [2.24, 2.45) is 4.99 Å². The number of aliphatic imine (C=N–C) groups is 1. The van der Waals surface area contributed by atoms with E-state index in [0.29, 0.717) is 24.7 Å². The Hall–Kier alpha value is -3.38. The van der Waals surface area contributed by atoms with E-state index in [1.54, 1.807) is 11.0 Å². The molecule has 0 saturated heterocycles. The number of rotatable bonds is 7. The second kappa shape index (κ2) is 9.83. The van der Waals surface area contributed by atoms with Crippen LogP contribution in [0.4, 0.5) is 5.69 Å². The molecule has 0 spiro atoms. The summed E-state index contributed by atoms with van der Waals surface area (Å²) in [4.78, 5) is 19.8. The lowest BCUT2D eigenvalue weighted by atomic mass is 10.1. The molecule has 1 aliphatic heterocycles. The Kier molecular flexibility index (Phi) is 6.71. The zero-order valence-corrected chi connectivity index (χ0v) is 19.5. The van der Waals surface area contributed by atoms with E-state index in [1.807, 2.05) is 86.6 Å². The molecule has 0 N–H and O–H groups in total. The van der Waals surface area contributed by atoms with E-state index in [-0.39, 0.29) is 5.91 Å². The van der Waals surface area contributed by atoms with Gasteiger partial charge in [0.1, 0.15) is 23.0 Å². The molecule has 32 heavy (non-hydrogen) atoms. The summed E-state index contributed by atoms with van der Waals surface area (Å²) in [7, 11) is 0. The minimum Gasteiger partial charge on any atom is -0.494 e. The Morgan fingerprint density at radius 3 is 2.06 bits per heavy atom. The molecule has 5 nitrogen and oxygen atoms in total. The summed E-state index contributed by atoms with van der Waals surface area (Å²) in [6.45, 7) is 5.07. The molecule has 6 heteroatoms. The van der Waals surface area contributed by atoms with Gasteiger partial charge in [-0.2, -0.15) is 0 Å². The quantitative estimate of drug-likeness (QED) is 0.377. The second-order valence-corrected chi connectivity index (χ2v) is 7.87. The van der Waals surface area contributed by atoms with Crippen molar-refractivity contribution in [1.29, 1.82) is 0 Å². The highest BCUT2D eigenvalue weighted by Crippen LogP contribution is 2.31. The minimum atomic E-state index is -0.186. The first-order chi connectivity index (χ1) is 15.6. The highest BCUT2D eigenvalue weighted by atomic mass is 79.9. The number of hydrogen-bond donors (Lipinski definition) is 0. The number of nitrogens with zero attached hydrogens (tertiary/aromatic N) is 2. The molecule has 0 bridgehead atoms. The third-order valence-corrected chi connectivity index (χ3v) is 5.57. The van der Waals surface area contributed by atoms with Crippen molar-refractivity contribution in [3.05, 3.63) is 94.1 Å². The van der Waals surface area contributed by atoms with Crippen molar-refractivity contribution in [3.8, 4) is 11.5 Å². The van der Waals surface area contributed by atoms with Gasteiger partial charge in [-0.1, -0.05) is 46.3 Å². The fraction of sp³-hybridized carbons (Fsp3) is 0.154. The second-order valence-electron chi connectivity index (χ2n) is 7.01. The summed E-state index contributed by atoms with van der Waals surface area (Å²) >= 11 is 3.60. The van der Waals surface area contributed by atoms with Crippen LogP contribution in [0.1, 0.15) is 25.0 Å². The molecule has 1 aliphatic rings. The monoisotopic (exact) mass is 490 g/mol. The molecule has 0 saturated carbocycles. The van der Waals surface area contributed by atoms with E-state index in [1.165, 1.54) is 0 Å². The van der Waals surface area contributed by atoms with E-state index >= 15 is 0 Å². The Labute approximate surface area is 196 Å². The van der Waals surface area contributed by atoms with Crippen LogP contribution < -0.4 is 14.4 Å². The van der Waals surface area contributed by atoms with E-state index < -0.39 is 0 Å². The van der Waals surface area contributed by atoms with Gasteiger partial charge in [0.15, 0.2) is 0 Å². The molecule has 0 aromatic heterocycles. The predicted octanol–water partition coefficient (Wildman–Crippen LogP) is 6.08. The van der Waals surface area contributed by atoms with Crippen LogP contribution in [0, 0.1) is 0 Å². The molecular formula is C26H23BrN2O3. The first-order valence-corrected chi connectivity index (χ1v) is 11.3. The molecule has 1 heterocycles. The summed E-state index contributed by atoms with van der Waals surface area (Å²) in [6, 6.07) is 22.8. The van der Waals surface area contributed by atoms with Gasteiger partial charge in [0, 0.05) is 10.0 Å². The third kappa shape index (κ3) is 4.60. The van der Waals surface area contributed by atoms with Crippen molar-refractivity contribution < 1.29 is 14.3 Å². The van der Waals surface area contributed by atoms with Crippen LogP contribution in [0.3, 0.4) is 0 Å². The molecule has 0 radical (unpaired) electrons. The maximum Gasteiger partial charge on any atom is 0.282 e. The molecule has 0 unspecified atom stereocenters. The summed E-state index contributed by atoms with van der Waals surface area (Å²) in [6.07, 6.45) is 1.80. The van der Waals surface area contributed by atoms with Gasteiger partial charge in [-0.3, -0.25) is 9.69 Å². The Balaban J connectivity index is 1.74. The van der Waals surface area contributed by atoms with Crippen molar-refractivity contribution in [2.45, 2.75) is 13.8 Å². The molecule has 0 aliphatic carbocycles. The highest BCUT2D eigenvalue weighted by molar-refractivity contribution is 9.10. The first-order valence-electron chi connectivity index (χ1n) is 10.5. The van der Waals surface area contributed by atoms with Crippen molar-refractivity contribution >= 4 is 39.4 Å². The summed E-state index contributed by atoms with van der Waals surface area (Å²) in [5.74, 6) is 1.94. The molecule has 1 amide bonds. The van der Waals surface area contributed by atoms with Crippen LogP contribution in [0.5, 0.6) is 11.5 Å². The maximum atomic E-state index is 13.5. The first kappa shape index (κ1) is 21.8. The van der Waals surface area contributed by atoms with E-state index in [2.05, 4.69) is 15.9 Å². The maximum absolute atomic E-state index is 13.5. The number of carbonyl (C=O) groups excluding carboxylic acids is 1. The Morgan fingerprint density at radius 2 is 1.47 bits per heavy atom. The van der Waals surface area contributed by atoms with Gasteiger partial charge in [0.05, 0.1) is 18.9 Å². The van der Waals surface area contributed by atoms with Crippen molar-refractivity contribution in [1.82, 2.24) is 0 Å². The highest BCUT2D eigenvalue weighted by Gasteiger charge is 2.33. The predicted molar refractivity (Wildman–Crippen MR) is 131 cm³/mol. The summed E-state index contributed by atoms with van der Waals surface area (Å²) in [5.41, 5.74) is 2.81. The molecule has 0 fully saturated rings. The summed E-state index contributed by atoms with van der Waals surface area (Å²) < 4.78 is 11.9. The molecule has 0 atom stereocenters. The van der Waals surface area contributed by atoms with Crippen LogP contribution in [-0.2, 0) is 4.79 Å². The zero-order valence-electron chi connectivity index (χ0n) is 17.9. The van der Waals surface area contributed by atoms with Crippen LogP contribution in [0.25, 0.3) is 6.08 Å². The third-order valence-electron chi connectivity index (χ3n) is 4.88. The lowest BCUT2D eigenvalue weighted by Gasteiger charge is -2.19. The van der Waals surface area contributed by atoms with Gasteiger partial charge < -0.3 is 9.47 Å². The van der Waals surface area contributed by atoms with E-state index in [9.17, 15) is 4.79 Å². The number of ether oxygens (including phenoxy) is 2. The number of hydrogen-bond acceptors (Lipinski definition) is 4. The smallest absolute Gasteiger partial charge is 0.282 e. The lowest BCUT2D eigenvalue weighted by molar-refractivity contribution is -0.113. The topological polar surface area (TPSA) is 51.1 Å². The molecule has 3 aromatic rings. The number of halogens is 1. The molecule has 3 aromatic carbocycles. The van der Waals surface area contributed by atoms with Gasteiger partial charge in [-0.25, -0.2) is 4.99 Å². The average molecular weight is 491 g/mol.